The zero-order chi connectivity index (χ0) is 14.4. The van der Waals surface area contributed by atoms with E-state index >= 15 is 0 Å². The molecule has 1 N–H and O–H groups in total. The van der Waals surface area contributed by atoms with Gasteiger partial charge in [-0.3, -0.25) is 0 Å². The first-order chi connectivity index (χ1) is 9.72. The van der Waals surface area contributed by atoms with Gasteiger partial charge in [-0.1, -0.05) is 42.5 Å². The van der Waals surface area contributed by atoms with Crippen LogP contribution in [0.15, 0.2) is 54.6 Å². The van der Waals surface area contributed by atoms with Crippen LogP contribution in [0.25, 0.3) is 0 Å². The van der Waals surface area contributed by atoms with Gasteiger partial charge in [0.2, 0.25) is 0 Å². The van der Waals surface area contributed by atoms with Gasteiger partial charge in [-0.25, -0.2) is 0 Å². The molecular weight excluding hydrogens is 252 g/mol. The fourth-order valence-electron chi connectivity index (χ4n) is 2.05. The summed E-state index contributed by atoms with van der Waals surface area (Å²) in [5, 5.41) is 9.98. The molecule has 0 bridgehead atoms. The first kappa shape index (κ1) is 14.4. The zero-order valence-electron chi connectivity index (χ0n) is 11.8. The molecule has 0 aliphatic rings. The van der Waals surface area contributed by atoms with E-state index in [0.29, 0.717) is 18.1 Å². The highest BCUT2D eigenvalue weighted by atomic mass is 16.5. The minimum Gasteiger partial charge on any atom is -0.490 e. The third-order valence-corrected chi connectivity index (χ3v) is 2.97. The number of ether oxygens (including phenoxy) is 2. The third kappa shape index (κ3) is 3.52. The maximum absolute atomic E-state index is 9.98. The molecule has 20 heavy (non-hydrogen) atoms. The molecule has 2 aromatic rings. The van der Waals surface area contributed by atoms with E-state index in [1.165, 1.54) is 0 Å². The SMILES string of the molecule is CCOc1ccccc1OC(c1ccccc1)C(C)O. The summed E-state index contributed by atoms with van der Waals surface area (Å²) in [6.45, 7) is 4.23. The molecule has 0 spiro atoms. The molecule has 0 heterocycles. The molecule has 106 valence electrons. The van der Waals surface area contributed by atoms with Crippen LogP contribution in [0.3, 0.4) is 0 Å². The van der Waals surface area contributed by atoms with Crippen molar-refractivity contribution in [3.8, 4) is 11.5 Å². The minimum absolute atomic E-state index is 0.419. The summed E-state index contributed by atoms with van der Waals surface area (Å²) in [5.74, 6) is 1.33. The lowest BCUT2D eigenvalue weighted by atomic mass is 10.1. The number of aliphatic hydroxyl groups excluding tert-OH is 1. The fourth-order valence-corrected chi connectivity index (χ4v) is 2.05. The second kappa shape index (κ2) is 6.96. The summed E-state index contributed by atoms with van der Waals surface area (Å²) in [4.78, 5) is 0. The van der Waals surface area contributed by atoms with Crippen molar-refractivity contribution in [3.05, 3.63) is 60.2 Å². The van der Waals surface area contributed by atoms with Crippen LogP contribution in [0.1, 0.15) is 25.5 Å². The quantitative estimate of drug-likeness (QED) is 0.873. The van der Waals surface area contributed by atoms with Crippen LogP contribution in [-0.4, -0.2) is 17.8 Å². The van der Waals surface area contributed by atoms with Gasteiger partial charge < -0.3 is 14.6 Å². The molecule has 0 fully saturated rings. The Morgan fingerprint density at radius 3 is 2.15 bits per heavy atom. The number of rotatable bonds is 6. The molecular formula is C17H20O3. The first-order valence-corrected chi connectivity index (χ1v) is 6.84. The van der Waals surface area contributed by atoms with E-state index in [0.717, 1.165) is 5.56 Å². The minimum atomic E-state index is -0.618. The monoisotopic (exact) mass is 272 g/mol. The van der Waals surface area contributed by atoms with Gasteiger partial charge in [-0.05, 0) is 31.5 Å². The summed E-state index contributed by atoms with van der Waals surface area (Å²) >= 11 is 0. The topological polar surface area (TPSA) is 38.7 Å². The van der Waals surface area contributed by atoms with Gasteiger partial charge in [-0.2, -0.15) is 0 Å². The highest BCUT2D eigenvalue weighted by Gasteiger charge is 2.20. The van der Waals surface area contributed by atoms with Crippen LogP contribution < -0.4 is 9.47 Å². The highest BCUT2D eigenvalue weighted by Crippen LogP contribution is 2.32. The van der Waals surface area contributed by atoms with Crippen LogP contribution >= 0.6 is 0 Å². The van der Waals surface area contributed by atoms with Crippen molar-refractivity contribution in [1.29, 1.82) is 0 Å². The Kier molecular flexibility index (Phi) is 5.02. The predicted molar refractivity (Wildman–Crippen MR) is 79.1 cm³/mol. The number of benzene rings is 2. The molecule has 0 amide bonds. The van der Waals surface area contributed by atoms with E-state index in [1.54, 1.807) is 6.92 Å². The standard InChI is InChI=1S/C17H20O3/c1-3-19-15-11-7-8-12-16(15)20-17(13(2)18)14-9-5-4-6-10-14/h4-13,17-18H,3H2,1-2H3. The van der Waals surface area contributed by atoms with Gasteiger partial charge in [0.05, 0.1) is 12.7 Å². The van der Waals surface area contributed by atoms with E-state index < -0.39 is 12.2 Å². The van der Waals surface area contributed by atoms with Crippen molar-refractivity contribution >= 4 is 0 Å². The smallest absolute Gasteiger partial charge is 0.162 e. The van der Waals surface area contributed by atoms with Gasteiger partial charge in [0.25, 0.3) is 0 Å². The van der Waals surface area contributed by atoms with Crippen molar-refractivity contribution in [2.24, 2.45) is 0 Å². The first-order valence-electron chi connectivity index (χ1n) is 6.84. The van der Waals surface area contributed by atoms with Crippen LogP contribution in [0.5, 0.6) is 11.5 Å². The summed E-state index contributed by atoms with van der Waals surface area (Å²) in [7, 11) is 0. The number of hydrogen-bond donors (Lipinski definition) is 1. The average Bonchev–Trinajstić information content (AvgIpc) is 2.47. The predicted octanol–water partition coefficient (Wildman–Crippen LogP) is 3.59. The molecule has 2 aromatic carbocycles. The Morgan fingerprint density at radius 1 is 0.950 bits per heavy atom. The summed E-state index contributed by atoms with van der Waals surface area (Å²) in [6, 6.07) is 17.2. The van der Waals surface area contributed by atoms with Gasteiger partial charge in [0.15, 0.2) is 11.5 Å². The Labute approximate surface area is 119 Å². The Balaban J connectivity index is 2.25. The van der Waals surface area contributed by atoms with E-state index in [9.17, 15) is 5.11 Å². The molecule has 0 aliphatic heterocycles. The molecule has 0 saturated heterocycles. The maximum atomic E-state index is 9.98. The highest BCUT2D eigenvalue weighted by molar-refractivity contribution is 5.40. The molecule has 2 rings (SSSR count). The van der Waals surface area contributed by atoms with Crippen molar-refractivity contribution in [3.63, 3.8) is 0 Å². The van der Waals surface area contributed by atoms with E-state index in [-0.39, 0.29) is 0 Å². The molecule has 3 heteroatoms. The Bertz CT molecular complexity index is 523. The summed E-state index contributed by atoms with van der Waals surface area (Å²) in [6.07, 6.45) is -1.04. The molecule has 0 saturated carbocycles. The molecule has 2 unspecified atom stereocenters. The second-order valence-corrected chi connectivity index (χ2v) is 4.57. The molecule has 0 aromatic heterocycles. The van der Waals surface area contributed by atoms with Gasteiger partial charge in [0, 0.05) is 0 Å². The normalized spacial score (nSPS) is 13.6. The fraction of sp³-hybridized carbons (Fsp3) is 0.294. The third-order valence-electron chi connectivity index (χ3n) is 2.97. The number of para-hydroxylation sites is 2. The Hall–Kier alpha value is -2.00. The van der Waals surface area contributed by atoms with Crippen molar-refractivity contribution in [1.82, 2.24) is 0 Å². The second-order valence-electron chi connectivity index (χ2n) is 4.57. The lowest BCUT2D eigenvalue weighted by Gasteiger charge is -2.23. The maximum Gasteiger partial charge on any atom is 0.162 e. The van der Waals surface area contributed by atoms with Gasteiger partial charge >= 0.3 is 0 Å². The lowest BCUT2D eigenvalue weighted by Crippen LogP contribution is -2.21. The van der Waals surface area contributed by atoms with Crippen LogP contribution in [0, 0.1) is 0 Å². The molecule has 0 radical (unpaired) electrons. The van der Waals surface area contributed by atoms with Crippen molar-refractivity contribution in [2.45, 2.75) is 26.1 Å². The van der Waals surface area contributed by atoms with Crippen molar-refractivity contribution < 1.29 is 14.6 Å². The summed E-state index contributed by atoms with van der Waals surface area (Å²) < 4.78 is 11.5. The number of hydrogen-bond acceptors (Lipinski definition) is 3. The summed E-state index contributed by atoms with van der Waals surface area (Å²) in [5.41, 5.74) is 0.939. The molecule has 2 atom stereocenters. The lowest BCUT2D eigenvalue weighted by molar-refractivity contribution is 0.0459. The molecule has 3 nitrogen and oxygen atoms in total. The van der Waals surface area contributed by atoms with Crippen LogP contribution in [0.2, 0.25) is 0 Å². The number of aliphatic hydroxyl groups is 1. The van der Waals surface area contributed by atoms with Gasteiger partial charge in [-0.15, -0.1) is 0 Å². The van der Waals surface area contributed by atoms with Crippen molar-refractivity contribution in [2.75, 3.05) is 6.61 Å². The van der Waals surface area contributed by atoms with E-state index in [2.05, 4.69) is 0 Å². The van der Waals surface area contributed by atoms with Gasteiger partial charge in [0.1, 0.15) is 6.10 Å². The Morgan fingerprint density at radius 2 is 1.55 bits per heavy atom. The van der Waals surface area contributed by atoms with Crippen LogP contribution in [-0.2, 0) is 0 Å². The largest absolute Gasteiger partial charge is 0.490 e. The van der Waals surface area contributed by atoms with Crippen LogP contribution in [0.4, 0.5) is 0 Å². The zero-order valence-corrected chi connectivity index (χ0v) is 11.8. The molecule has 0 aliphatic carbocycles. The van der Waals surface area contributed by atoms with E-state index in [1.807, 2.05) is 61.5 Å². The average molecular weight is 272 g/mol. The van der Waals surface area contributed by atoms with E-state index in [4.69, 9.17) is 9.47 Å².